The number of sulfonamides is 1. The monoisotopic (exact) mass is 393 g/mol. The van der Waals surface area contributed by atoms with Crippen LogP contribution in [0.4, 0.5) is 0 Å². The van der Waals surface area contributed by atoms with Crippen LogP contribution >= 0.6 is 27.3 Å². The summed E-state index contributed by atoms with van der Waals surface area (Å²) in [5, 5.41) is 3.06. The van der Waals surface area contributed by atoms with Gasteiger partial charge in [0, 0.05) is 43.6 Å². The van der Waals surface area contributed by atoms with Gasteiger partial charge in [0.15, 0.2) is 0 Å². The Kier molecular flexibility index (Phi) is 4.73. The third-order valence-electron chi connectivity index (χ3n) is 4.01. The third-order valence-corrected chi connectivity index (χ3v) is 8.16. The van der Waals surface area contributed by atoms with E-state index in [2.05, 4.69) is 26.1 Å². The van der Waals surface area contributed by atoms with Gasteiger partial charge in [-0.15, -0.1) is 11.3 Å². The van der Waals surface area contributed by atoms with Crippen molar-refractivity contribution in [3.63, 3.8) is 0 Å². The highest BCUT2D eigenvalue weighted by atomic mass is 79.9. The van der Waals surface area contributed by atoms with Crippen LogP contribution in [0.1, 0.15) is 17.7 Å². The number of nitrogens with one attached hydrogen (secondary N) is 1. The molecule has 2 heterocycles. The van der Waals surface area contributed by atoms with Crippen molar-refractivity contribution in [1.82, 2.24) is 14.5 Å². The molecular weight excluding hydrogens is 374 g/mol. The Bertz CT molecular complexity index is 605. The van der Waals surface area contributed by atoms with E-state index in [-0.39, 0.29) is 0 Å². The molecule has 2 fully saturated rings. The molecule has 0 aromatic carbocycles. The fourth-order valence-electron chi connectivity index (χ4n) is 2.72. The predicted molar refractivity (Wildman–Crippen MR) is 88.1 cm³/mol. The van der Waals surface area contributed by atoms with E-state index in [1.807, 2.05) is 7.05 Å². The van der Waals surface area contributed by atoms with Crippen molar-refractivity contribution in [2.75, 3.05) is 33.2 Å². The van der Waals surface area contributed by atoms with Gasteiger partial charge in [0.2, 0.25) is 10.0 Å². The summed E-state index contributed by atoms with van der Waals surface area (Å²) in [5.41, 5.74) is 0. The van der Waals surface area contributed by atoms with Crippen molar-refractivity contribution < 1.29 is 8.42 Å². The quantitative estimate of drug-likeness (QED) is 0.826. The van der Waals surface area contributed by atoms with E-state index in [1.165, 1.54) is 24.2 Å². The minimum atomic E-state index is -3.38. The smallest absolute Gasteiger partial charge is 0.245 e. The topological polar surface area (TPSA) is 52.7 Å². The molecule has 118 valence electrons. The standard InChI is InChI=1S/C13H20BrN3O2S2/c1-15-9-11-8-12(13(14)20-11)21(18,19)17-6-4-16(5-7-17)10-2-3-10/h8,10,15H,2-7,9H2,1H3. The van der Waals surface area contributed by atoms with Crippen LogP contribution < -0.4 is 5.32 Å². The number of halogens is 1. The molecule has 1 saturated heterocycles. The number of piperazine rings is 1. The Balaban J connectivity index is 1.74. The second-order valence-corrected chi connectivity index (χ2v) is 9.91. The van der Waals surface area contributed by atoms with E-state index < -0.39 is 10.0 Å². The molecule has 21 heavy (non-hydrogen) atoms. The van der Waals surface area contributed by atoms with E-state index >= 15 is 0 Å². The van der Waals surface area contributed by atoms with Crippen LogP contribution in [0.3, 0.4) is 0 Å². The second kappa shape index (κ2) is 6.25. The summed E-state index contributed by atoms with van der Waals surface area (Å²) in [6.07, 6.45) is 2.55. The van der Waals surface area contributed by atoms with Gasteiger partial charge in [-0.2, -0.15) is 4.31 Å². The first-order valence-electron chi connectivity index (χ1n) is 7.19. The average molecular weight is 394 g/mol. The average Bonchev–Trinajstić information content (AvgIpc) is 3.23. The van der Waals surface area contributed by atoms with Crippen LogP contribution in [-0.4, -0.2) is 56.9 Å². The SMILES string of the molecule is CNCc1cc(S(=O)(=O)N2CCN(C3CC3)CC2)c(Br)s1. The fourth-order valence-corrected chi connectivity index (χ4v) is 6.79. The second-order valence-electron chi connectivity index (χ2n) is 5.55. The largest absolute Gasteiger partial charge is 0.315 e. The molecule has 2 aliphatic rings. The van der Waals surface area contributed by atoms with Gasteiger partial charge in [0.25, 0.3) is 0 Å². The van der Waals surface area contributed by atoms with Crippen molar-refractivity contribution in [2.24, 2.45) is 0 Å². The van der Waals surface area contributed by atoms with Crippen LogP contribution in [0.25, 0.3) is 0 Å². The summed E-state index contributed by atoms with van der Waals surface area (Å²) in [6.45, 7) is 3.60. The highest BCUT2D eigenvalue weighted by molar-refractivity contribution is 9.11. The Hall–Kier alpha value is 0.01000. The van der Waals surface area contributed by atoms with Gasteiger partial charge >= 0.3 is 0 Å². The first-order valence-corrected chi connectivity index (χ1v) is 10.2. The Labute approximate surface area is 138 Å². The molecule has 1 aliphatic carbocycles. The fraction of sp³-hybridized carbons (Fsp3) is 0.692. The molecule has 0 amide bonds. The van der Waals surface area contributed by atoms with E-state index in [4.69, 9.17) is 0 Å². The van der Waals surface area contributed by atoms with E-state index in [0.29, 0.717) is 34.4 Å². The van der Waals surface area contributed by atoms with Crippen LogP contribution in [0.5, 0.6) is 0 Å². The predicted octanol–water partition coefficient (Wildman–Crippen LogP) is 1.70. The molecule has 1 saturated carbocycles. The molecule has 0 atom stereocenters. The summed E-state index contributed by atoms with van der Waals surface area (Å²) in [7, 11) is -1.52. The van der Waals surface area contributed by atoms with Crippen molar-refractivity contribution in [3.8, 4) is 0 Å². The lowest BCUT2D eigenvalue weighted by molar-refractivity contribution is 0.180. The van der Waals surface area contributed by atoms with Gasteiger partial charge in [0.1, 0.15) is 4.90 Å². The molecule has 0 unspecified atom stereocenters. The molecule has 0 spiro atoms. The Morgan fingerprint density at radius 3 is 2.57 bits per heavy atom. The number of thiophene rings is 1. The maximum Gasteiger partial charge on any atom is 0.245 e. The van der Waals surface area contributed by atoms with Gasteiger partial charge < -0.3 is 5.32 Å². The summed E-state index contributed by atoms with van der Waals surface area (Å²) < 4.78 is 27.9. The first-order chi connectivity index (χ1) is 10.0. The van der Waals surface area contributed by atoms with Gasteiger partial charge in [-0.05, 0) is 41.9 Å². The zero-order valence-electron chi connectivity index (χ0n) is 12.0. The normalized spacial score (nSPS) is 21.8. The first kappa shape index (κ1) is 15.9. The molecule has 5 nitrogen and oxygen atoms in total. The minimum absolute atomic E-state index is 0.414. The number of hydrogen-bond acceptors (Lipinski definition) is 5. The molecule has 0 bridgehead atoms. The Morgan fingerprint density at radius 1 is 1.33 bits per heavy atom. The molecule has 3 rings (SSSR count). The van der Waals surface area contributed by atoms with Crippen molar-refractivity contribution in [1.29, 1.82) is 0 Å². The molecular formula is C13H20BrN3O2S2. The zero-order valence-corrected chi connectivity index (χ0v) is 15.2. The zero-order chi connectivity index (χ0) is 15.0. The summed E-state index contributed by atoms with van der Waals surface area (Å²) in [4.78, 5) is 3.86. The molecule has 1 aromatic heterocycles. The van der Waals surface area contributed by atoms with E-state index in [9.17, 15) is 8.42 Å². The van der Waals surface area contributed by atoms with Gasteiger partial charge in [-0.3, -0.25) is 4.90 Å². The van der Waals surface area contributed by atoms with Crippen LogP contribution in [0.2, 0.25) is 0 Å². The van der Waals surface area contributed by atoms with Crippen molar-refractivity contribution in [3.05, 3.63) is 14.7 Å². The van der Waals surface area contributed by atoms with Crippen LogP contribution in [0.15, 0.2) is 14.7 Å². The highest BCUT2D eigenvalue weighted by Crippen LogP contribution is 2.34. The van der Waals surface area contributed by atoms with E-state index in [0.717, 1.165) is 18.0 Å². The molecule has 1 aliphatic heterocycles. The van der Waals surface area contributed by atoms with Crippen molar-refractivity contribution in [2.45, 2.75) is 30.3 Å². The molecule has 0 radical (unpaired) electrons. The number of nitrogens with zero attached hydrogens (tertiary/aromatic N) is 2. The summed E-state index contributed by atoms with van der Waals surface area (Å²) in [6, 6.07) is 2.50. The maximum absolute atomic E-state index is 12.8. The van der Waals surface area contributed by atoms with Crippen LogP contribution in [-0.2, 0) is 16.6 Å². The summed E-state index contributed by atoms with van der Waals surface area (Å²) >= 11 is 4.89. The van der Waals surface area contributed by atoms with Gasteiger partial charge in [-0.1, -0.05) is 0 Å². The third kappa shape index (κ3) is 3.35. The lowest BCUT2D eigenvalue weighted by atomic mass is 10.3. The number of rotatable bonds is 5. The lowest BCUT2D eigenvalue weighted by Gasteiger charge is -2.33. The van der Waals surface area contributed by atoms with Gasteiger partial charge in [-0.25, -0.2) is 8.42 Å². The van der Waals surface area contributed by atoms with Gasteiger partial charge in [0.05, 0.1) is 3.79 Å². The Morgan fingerprint density at radius 2 is 2.00 bits per heavy atom. The number of hydrogen-bond donors (Lipinski definition) is 1. The molecule has 8 heteroatoms. The minimum Gasteiger partial charge on any atom is -0.315 e. The van der Waals surface area contributed by atoms with Crippen LogP contribution in [0, 0.1) is 0 Å². The molecule has 1 aromatic rings. The maximum atomic E-state index is 12.8. The van der Waals surface area contributed by atoms with E-state index in [1.54, 1.807) is 10.4 Å². The lowest BCUT2D eigenvalue weighted by Crippen LogP contribution is -2.49. The highest BCUT2D eigenvalue weighted by Gasteiger charge is 2.35. The molecule has 1 N–H and O–H groups in total. The summed E-state index contributed by atoms with van der Waals surface area (Å²) in [5.74, 6) is 0. The van der Waals surface area contributed by atoms with Crippen molar-refractivity contribution >= 4 is 37.3 Å².